The molecule has 3 nitrogen and oxygen atoms in total. The van der Waals surface area contributed by atoms with Crippen LogP contribution in [0.2, 0.25) is 0 Å². The molecule has 0 spiro atoms. The Kier molecular flexibility index (Phi) is 2.20. The number of carbonyl (C=O) groups is 2. The molecule has 2 aliphatic rings. The number of carbonyl (C=O) groups excluding carboxylic acids is 2. The first-order valence-corrected chi connectivity index (χ1v) is 5.30. The lowest BCUT2D eigenvalue weighted by molar-refractivity contribution is -0.131. The lowest BCUT2D eigenvalue weighted by atomic mass is 9.84. The Hall–Kier alpha value is -0.410. The van der Waals surface area contributed by atoms with Gasteiger partial charge in [0.2, 0.25) is 0 Å². The van der Waals surface area contributed by atoms with E-state index in [0.717, 1.165) is 0 Å². The number of halogens is 1. The summed E-state index contributed by atoms with van der Waals surface area (Å²) < 4.78 is 0. The van der Waals surface area contributed by atoms with Crippen molar-refractivity contribution < 1.29 is 14.7 Å². The van der Waals surface area contributed by atoms with E-state index in [-0.39, 0.29) is 16.9 Å². The van der Waals surface area contributed by atoms with E-state index in [9.17, 15) is 14.7 Å². The SMILES string of the molecule is CC(=O)[C@H]1[C@H](Cl)C[C@@H]2C(=O)CC[C@@]21O. The minimum Gasteiger partial charge on any atom is -0.388 e. The Morgan fingerprint density at radius 1 is 1.64 bits per heavy atom. The van der Waals surface area contributed by atoms with Crippen molar-refractivity contribution in [2.45, 2.75) is 37.2 Å². The maximum absolute atomic E-state index is 11.4. The smallest absolute Gasteiger partial charge is 0.139 e. The van der Waals surface area contributed by atoms with E-state index in [1.807, 2.05) is 0 Å². The Balaban J connectivity index is 2.36. The number of ketones is 2. The van der Waals surface area contributed by atoms with Gasteiger partial charge in [0, 0.05) is 17.7 Å². The summed E-state index contributed by atoms with van der Waals surface area (Å²) in [5.74, 6) is -1.01. The molecule has 0 aromatic carbocycles. The molecule has 0 aromatic heterocycles. The number of aliphatic hydroxyl groups is 1. The van der Waals surface area contributed by atoms with Crippen LogP contribution in [0, 0.1) is 11.8 Å². The summed E-state index contributed by atoms with van der Waals surface area (Å²) in [6.45, 7) is 1.43. The molecular weight excluding hydrogens is 204 g/mol. The van der Waals surface area contributed by atoms with Crippen LogP contribution in [0.15, 0.2) is 0 Å². The van der Waals surface area contributed by atoms with Crippen molar-refractivity contribution in [1.82, 2.24) is 0 Å². The zero-order valence-electron chi connectivity index (χ0n) is 8.00. The van der Waals surface area contributed by atoms with Crippen molar-refractivity contribution in [1.29, 1.82) is 0 Å². The van der Waals surface area contributed by atoms with Gasteiger partial charge in [0.25, 0.3) is 0 Å². The maximum atomic E-state index is 11.4. The predicted octanol–water partition coefficient (Wildman–Crippen LogP) is 0.913. The first kappa shape index (κ1) is 10.1. The topological polar surface area (TPSA) is 54.4 Å². The molecule has 0 unspecified atom stereocenters. The molecule has 0 saturated heterocycles. The second-order valence-electron chi connectivity index (χ2n) is 4.35. The minimum atomic E-state index is -1.14. The molecule has 2 saturated carbocycles. The monoisotopic (exact) mass is 216 g/mol. The molecule has 14 heavy (non-hydrogen) atoms. The lowest BCUT2D eigenvalue weighted by Crippen LogP contribution is -2.42. The van der Waals surface area contributed by atoms with Gasteiger partial charge in [-0.1, -0.05) is 0 Å². The summed E-state index contributed by atoms with van der Waals surface area (Å²) in [6.07, 6.45) is 1.22. The molecule has 0 aromatic rings. The van der Waals surface area contributed by atoms with Crippen LogP contribution in [0.5, 0.6) is 0 Å². The summed E-state index contributed by atoms with van der Waals surface area (Å²) in [4.78, 5) is 22.8. The number of hydrogen-bond donors (Lipinski definition) is 1. The fourth-order valence-corrected chi connectivity index (χ4v) is 3.51. The third kappa shape index (κ3) is 1.15. The number of hydrogen-bond acceptors (Lipinski definition) is 3. The Bertz CT molecular complexity index is 302. The highest BCUT2D eigenvalue weighted by molar-refractivity contribution is 6.23. The third-order valence-electron chi connectivity index (χ3n) is 3.56. The number of Topliss-reactive ketones (excluding diaryl/α,β-unsaturated/α-hetero) is 2. The van der Waals surface area contributed by atoms with Gasteiger partial charge < -0.3 is 5.11 Å². The van der Waals surface area contributed by atoms with Crippen LogP contribution in [0.1, 0.15) is 26.2 Å². The molecule has 4 atom stereocenters. The summed E-state index contributed by atoms with van der Waals surface area (Å²) in [7, 11) is 0. The van der Waals surface area contributed by atoms with Gasteiger partial charge in [0.1, 0.15) is 11.6 Å². The molecular formula is C10H13ClO3. The third-order valence-corrected chi connectivity index (χ3v) is 3.99. The summed E-state index contributed by atoms with van der Waals surface area (Å²) in [5.41, 5.74) is -1.14. The fraction of sp³-hybridized carbons (Fsp3) is 0.800. The van der Waals surface area contributed by atoms with Crippen molar-refractivity contribution in [3.63, 3.8) is 0 Å². The lowest BCUT2D eigenvalue weighted by Gasteiger charge is -2.27. The molecule has 0 amide bonds. The first-order valence-electron chi connectivity index (χ1n) is 4.86. The number of rotatable bonds is 1. The van der Waals surface area contributed by atoms with Gasteiger partial charge in [0.05, 0.1) is 11.5 Å². The van der Waals surface area contributed by atoms with Gasteiger partial charge in [-0.05, 0) is 19.8 Å². The average Bonchev–Trinajstić information content (AvgIpc) is 2.47. The van der Waals surface area contributed by atoms with E-state index >= 15 is 0 Å². The fourth-order valence-electron chi connectivity index (χ4n) is 2.94. The standard InChI is InChI=1S/C10H13ClO3/c1-5(12)9-7(11)4-6-8(13)2-3-10(6,9)14/h6-7,9,14H,2-4H2,1H3/t6-,7-,9+,10-/m1/s1. The van der Waals surface area contributed by atoms with Crippen LogP contribution in [-0.4, -0.2) is 27.7 Å². The summed E-state index contributed by atoms with van der Waals surface area (Å²) >= 11 is 6.00. The van der Waals surface area contributed by atoms with Gasteiger partial charge in [-0.3, -0.25) is 9.59 Å². The Morgan fingerprint density at radius 2 is 2.29 bits per heavy atom. The van der Waals surface area contributed by atoms with Gasteiger partial charge in [-0.25, -0.2) is 0 Å². The highest BCUT2D eigenvalue weighted by Crippen LogP contribution is 2.51. The van der Waals surface area contributed by atoms with E-state index in [4.69, 9.17) is 11.6 Å². The van der Waals surface area contributed by atoms with Gasteiger partial charge >= 0.3 is 0 Å². The summed E-state index contributed by atoms with van der Waals surface area (Å²) in [5, 5.41) is 9.89. The molecule has 1 N–H and O–H groups in total. The largest absolute Gasteiger partial charge is 0.388 e. The zero-order valence-corrected chi connectivity index (χ0v) is 8.75. The van der Waals surface area contributed by atoms with E-state index in [1.165, 1.54) is 6.92 Å². The quantitative estimate of drug-likeness (QED) is 0.663. The van der Waals surface area contributed by atoms with Crippen molar-refractivity contribution in [2.75, 3.05) is 0 Å². The Morgan fingerprint density at radius 3 is 2.86 bits per heavy atom. The van der Waals surface area contributed by atoms with Gasteiger partial charge in [-0.2, -0.15) is 0 Å². The van der Waals surface area contributed by atoms with Crippen LogP contribution in [0.4, 0.5) is 0 Å². The maximum Gasteiger partial charge on any atom is 0.139 e. The second kappa shape index (κ2) is 3.04. The van der Waals surface area contributed by atoms with Crippen LogP contribution in [0.25, 0.3) is 0 Å². The van der Waals surface area contributed by atoms with Crippen LogP contribution in [0.3, 0.4) is 0 Å². The molecule has 2 aliphatic carbocycles. The molecule has 4 heteroatoms. The van der Waals surface area contributed by atoms with E-state index in [1.54, 1.807) is 0 Å². The second-order valence-corrected chi connectivity index (χ2v) is 4.91. The molecule has 0 aliphatic heterocycles. The van der Waals surface area contributed by atoms with E-state index < -0.39 is 17.4 Å². The van der Waals surface area contributed by atoms with Crippen molar-refractivity contribution in [3.05, 3.63) is 0 Å². The normalized spacial score (nSPS) is 46.8. The molecule has 0 radical (unpaired) electrons. The predicted molar refractivity (Wildman–Crippen MR) is 51.1 cm³/mol. The van der Waals surface area contributed by atoms with Crippen LogP contribution < -0.4 is 0 Å². The molecule has 2 fully saturated rings. The van der Waals surface area contributed by atoms with E-state index in [2.05, 4.69) is 0 Å². The highest BCUT2D eigenvalue weighted by atomic mass is 35.5. The molecule has 2 rings (SSSR count). The summed E-state index contributed by atoms with van der Waals surface area (Å²) in [6, 6.07) is 0. The minimum absolute atomic E-state index is 0.0573. The average molecular weight is 217 g/mol. The molecule has 78 valence electrons. The van der Waals surface area contributed by atoms with Crippen molar-refractivity contribution in [2.24, 2.45) is 11.8 Å². The molecule has 0 bridgehead atoms. The molecule has 0 heterocycles. The van der Waals surface area contributed by atoms with Crippen molar-refractivity contribution in [3.8, 4) is 0 Å². The Labute approximate surface area is 87.4 Å². The highest BCUT2D eigenvalue weighted by Gasteiger charge is 2.60. The van der Waals surface area contributed by atoms with E-state index in [0.29, 0.717) is 19.3 Å². The van der Waals surface area contributed by atoms with Crippen LogP contribution in [-0.2, 0) is 9.59 Å². The first-order chi connectivity index (χ1) is 6.47. The van der Waals surface area contributed by atoms with Crippen LogP contribution >= 0.6 is 11.6 Å². The van der Waals surface area contributed by atoms with Gasteiger partial charge in [-0.15, -0.1) is 11.6 Å². The van der Waals surface area contributed by atoms with Crippen molar-refractivity contribution >= 4 is 23.2 Å². The zero-order chi connectivity index (χ0) is 10.5. The number of alkyl halides is 1. The number of fused-ring (bicyclic) bond motifs is 1. The van der Waals surface area contributed by atoms with Gasteiger partial charge in [0.15, 0.2) is 0 Å².